The van der Waals surface area contributed by atoms with Gasteiger partial charge < -0.3 is 5.11 Å². The molecular weight excluding hydrogens is 256 g/mol. The second-order valence-electron chi connectivity index (χ2n) is 6.71. The fraction of sp³-hybridized carbons (Fsp3) is 0.800. The molecule has 0 bridgehead atoms. The van der Waals surface area contributed by atoms with Crippen LogP contribution in [-0.4, -0.2) is 11.2 Å². The van der Waals surface area contributed by atoms with Crippen LogP contribution in [0.4, 0.5) is 0 Å². The molecule has 1 heteroatoms. The molecule has 0 spiro atoms. The first-order valence-corrected chi connectivity index (χ1v) is 9.29. The van der Waals surface area contributed by atoms with Crippen LogP contribution in [0.25, 0.3) is 0 Å². The summed E-state index contributed by atoms with van der Waals surface area (Å²) >= 11 is 0. The Hall–Kier alpha value is -0.560. The van der Waals surface area contributed by atoms with Gasteiger partial charge in [0.2, 0.25) is 0 Å². The number of aliphatic hydroxyl groups excluding tert-OH is 1. The molecule has 0 aromatic heterocycles. The topological polar surface area (TPSA) is 20.2 Å². The molecule has 0 aromatic rings. The van der Waals surface area contributed by atoms with E-state index in [-0.39, 0.29) is 6.10 Å². The summed E-state index contributed by atoms with van der Waals surface area (Å²) < 4.78 is 0. The molecule has 0 aliphatic heterocycles. The van der Waals surface area contributed by atoms with Crippen LogP contribution in [0, 0.1) is 11.8 Å². The van der Waals surface area contributed by atoms with E-state index in [1.165, 1.54) is 57.8 Å². The van der Waals surface area contributed by atoms with Crippen molar-refractivity contribution in [1.29, 1.82) is 0 Å². The van der Waals surface area contributed by atoms with Crippen LogP contribution in [0.3, 0.4) is 0 Å². The van der Waals surface area contributed by atoms with E-state index >= 15 is 0 Å². The van der Waals surface area contributed by atoms with Gasteiger partial charge in [-0.3, -0.25) is 0 Å². The van der Waals surface area contributed by atoms with E-state index in [0.29, 0.717) is 0 Å². The monoisotopic (exact) mass is 292 g/mol. The number of unbranched alkanes of at least 4 members (excludes halogenated alkanes) is 4. The van der Waals surface area contributed by atoms with Crippen molar-refractivity contribution in [2.24, 2.45) is 11.8 Å². The smallest absolute Gasteiger partial charge is 0.0723 e. The van der Waals surface area contributed by atoms with Crippen molar-refractivity contribution in [3.63, 3.8) is 0 Å². The predicted octanol–water partition coefficient (Wildman–Crippen LogP) is 6.04. The maximum absolute atomic E-state index is 9.75. The van der Waals surface area contributed by atoms with Gasteiger partial charge in [0.05, 0.1) is 6.10 Å². The van der Waals surface area contributed by atoms with Gasteiger partial charge in [0.15, 0.2) is 0 Å². The molecule has 1 aliphatic carbocycles. The SMILES string of the molecule is CCCCC[C@@H]1C[C@@H]1CC/C=C\C=C\[C@@H](O)CCCCC. The average Bonchev–Trinajstić information content (AvgIpc) is 3.22. The third-order valence-corrected chi connectivity index (χ3v) is 4.64. The minimum absolute atomic E-state index is 0.257. The summed E-state index contributed by atoms with van der Waals surface area (Å²) in [6, 6.07) is 0. The van der Waals surface area contributed by atoms with Gasteiger partial charge in [0.1, 0.15) is 0 Å². The van der Waals surface area contributed by atoms with Crippen LogP contribution in [-0.2, 0) is 0 Å². The molecular formula is C20H36O. The van der Waals surface area contributed by atoms with Gasteiger partial charge in [-0.05, 0) is 37.5 Å². The van der Waals surface area contributed by atoms with Gasteiger partial charge in [-0.25, -0.2) is 0 Å². The first kappa shape index (κ1) is 18.5. The molecule has 0 radical (unpaired) electrons. The lowest BCUT2D eigenvalue weighted by Gasteiger charge is -2.03. The van der Waals surface area contributed by atoms with Crippen molar-refractivity contribution in [3.8, 4) is 0 Å². The zero-order valence-electron chi connectivity index (χ0n) is 14.3. The Morgan fingerprint density at radius 3 is 2.43 bits per heavy atom. The van der Waals surface area contributed by atoms with E-state index in [2.05, 4.69) is 26.0 Å². The summed E-state index contributed by atoms with van der Waals surface area (Å²) in [6.07, 6.45) is 22.2. The van der Waals surface area contributed by atoms with Crippen LogP contribution in [0.15, 0.2) is 24.3 Å². The minimum Gasteiger partial charge on any atom is -0.389 e. The quantitative estimate of drug-likeness (QED) is 0.324. The average molecular weight is 293 g/mol. The zero-order chi connectivity index (χ0) is 15.3. The highest BCUT2D eigenvalue weighted by Crippen LogP contribution is 2.45. The summed E-state index contributed by atoms with van der Waals surface area (Å²) in [5.74, 6) is 2.05. The molecule has 0 aromatic carbocycles. The van der Waals surface area contributed by atoms with E-state index in [1.54, 1.807) is 0 Å². The van der Waals surface area contributed by atoms with Crippen molar-refractivity contribution in [2.75, 3.05) is 0 Å². The fourth-order valence-electron chi connectivity index (χ4n) is 3.05. The van der Waals surface area contributed by atoms with Gasteiger partial charge in [-0.15, -0.1) is 0 Å². The molecule has 1 N–H and O–H groups in total. The predicted molar refractivity (Wildman–Crippen MR) is 93.4 cm³/mol. The summed E-state index contributed by atoms with van der Waals surface area (Å²) in [5.41, 5.74) is 0. The highest BCUT2D eigenvalue weighted by Gasteiger charge is 2.34. The van der Waals surface area contributed by atoms with E-state index in [4.69, 9.17) is 0 Å². The van der Waals surface area contributed by atoms with Crippen molar-refractivity contribution in [1.82, 2.24) is 0 Å². The normalized spacial score (nSPS) is 23.2. The first-order chi connectivity index (χ1) is 10.3. The van der Waals surface area contributed by atoms with Crippen molar-refractivity contribution >= 4 is 0 Å². The minimum atomic E-state index is -0.257. The van der Waals surface area contributed by atoms with Gasteiger partial charge in [0, 0.05) is 0 Å². The van der Waals surface area contributed by atoms with Gasteiger partial charge in [-0.2, -0.15) is 0 Å². The van der Waals surface area contributed by atoms with E-state index in [9.17, 15) is 5.11 Å². The molecule has 1 nitrogen and oxygen atoms in total. The number of aliphatic hydroxyl groups is 1. The Morgan fingerprint density at radius 2 is 1.67 bits per heavy atom. The lowest BCUT2D eigenvalue weighted by Crippen LogP contribution is -2.00. The largest absolute Gasteiger partial charge is 0.389 e. The second-order valence-corrected chi connectivity index (χ2v) is 6.71. The van der Waals surface area contributed by atoms with E-state index in [1.807, 2.05) is 12.2 Å². The van der Waals surface area contributed by atoms with Gasteiger partial charge in [-0.1, -0.05) is 83.1 Å². The van der Waals surface area contributed by atoms with Crippen LogP contribution in [0.5, 0.6) is 0 Å². The van der Waals surface area contributed by atoms with Crippen LogP contribution < -0.4 is 0 Å². The Labute approximate surface area is 132 Å². The Bertz CT molecular complexity index is 292. The highest BCUT2D eigenvalue weighted by atomic mass is 16.3. The summed E-state index contributed by atoms with van der Waals surface area (Å²) in [7, 11) is 0. The standard InChI is InChI=1S/C20H36O/c1-3-5-9-13-18-17-19(18)14-11-7-8-12-16-20(21)15-10-6-4-2/h7-8,12,16,18-21H,3-6,9-11,13-15,17H2,1-2H3/b8-7-,16-12+/t18-,19+,20+/m1/s1. The summed E-state index contributed by atoms with van der Waals surface area (Å²) in [5, 5.41) is 9.75. The second kappa shape index (κ2) is 12.0. The van der Waals surface area contributed by atoms with Crippen LogP contribution in [0.1, 0.15) is 84.5 Å². The van der Waals surface area contributed by atoms with Crippen LogP contribution >= 0.6 is 0 Å². The van der Waals surface area contributed by atoms with E-state index < -0.39 is 0 Å². The molecule has 1 saturated carbocycles. The van der Waals surface area contributed by atoms with Crippen molar-refractivity contribution < 1.29 is 5.11 Å². The van der Waals surface area contributed by atoms with Crippen LogP contribution in [0.2, 0.25) is 0 Å². The lowest BCUT2D eigenvalue weighted by molar-refractivity contribution is 0.208. The molecule has 1 aliphatic rings. The maximum atomic E-state index is 9.75. The van der Waals surface area contributed by atoms with Crippen molar-refractivity contribution in [2.45, 2.75) is 90.6 Å². The van der Waals surface area contributed by atoms with Gasteiger partial charge >= 0.3 is 0 Å². The Balaban J connectivity index is 1.95. The molecule has 21 heavy (non-hydrogen) atoms. The highest BCUT2D eigenvalue weighted by molar-refractivity contribution is 5.05. The lowest BCUT2D eigenvalue weighted by atomic mass is 10.1. The fourth-order valence-corrected chi connectivity index (χ4v) is 3.05. The zero-order valence-corrected chi connectivity index (χ0v) is 14.3. The summed E-state index contributed by atoms with van der Waals surface area (Å²) in [6.45, 7) is 4.47. The number of hydrogen-bond donors (Lipinski definition) is 1. The molecule has 1 fully saturated rings. The van der Waals surface area contributed by atoms with E-state index in [0.717, 1.165) is 24.7 Å². The Morgan fingerprint density at radius 1 is 0.952 bits per heavy atom. The maximum Gasteiger partial charge on any atom is 0.0723 e. The van der Waals surface area contributed by atoms with Gasteiger partial charge in [0.25, 0.3) is 0 Å². The molecule has 0 amide bonds. The number of hydrogen-bond acceptors (Lipinski definition) is 1. The molecule has 0 saturated heterocycles. The van der Waals surface area contributed by atoms with Crippen molar-refractivity contribution in [3.05, 3.63) is 24.3 Å². The molecule has 0 heterocycles. The number of rotatable bonds is 13. The molecule has 1 rings (SSSR count). The summed E-state index contributed by atoms with van der Waals surface area (Å²) in [4.78, 5) is 0. The third-order valence-electron chi connectivity index (χ3n) is 4.64. The first-order valence-electron chi connectivity index (χ1n) is 9.29. The Kier molecular flexibility index (Phi) is 10.6. The number of allylic oxidation sites excluding steroid dienone is 3. The third kappa shape index (κ3) is 9.90. The molecule has 3 atom stereocenters. The molecule has 122 valence electrons. The molecule has 0 unspecified atom stereocenters.